The second-order valence-electron chi connectivity index (χ2n) is 6.66. The normalized spacial score (nSPS) is 24.8. The van der Waals surface area contributed by atoms with Crippen molar-refractivity contribution in [2.45, 2.75) is 33.2 Å². The monoisotopic (exact) mass is 283 g/mol. The van der Waals surface area contributed by atoms with Gasteiger partial charge in [-0.25, -0.2) is 4.79 Å². The van der Waals surface area contributed by atoms with Gasteiger partial charge in [-0.05, 0) is 18.8 Å². The van der Waals surface area contributed by atoms with Crippen molar-refractivity contribution in [1.29, 1.82) is 0 Å². The van der Waals surface area contributed by atoms with Crippen LogP contribution in [-0.4, -0.2) is 77.1 Å². The number of rotatable bonds is 2. The number of carboxylic acids is 1. The molecule has 1 unspecified atom stereocenters. The summed E-state index contributed by atoms with van der Waals surface area (Å²) in [7, 11) is 0. The molecule has 0 spiro atoms. The van der Waals surface area contributed by atoms with Crippen LogP contribution in [0.4, 0.5) is 4.79 Å². The summed E-state index contributed by atoms with van der Waals surface area (Å²) in [6.45, 7) is 10.2. The van der Waals surface area contributed by atoms with Gasteiger partial charge in [-0.1, -0.05) is 13.8 Å². The lowest BCUT2D eigenvalue weighted by Crippen LogP contribution is -2.55. The van der Waals surface area contributed by atoms with Gasteiger partial charge in [0.15, 0.2) is 0 Å². The highest BCUT2D eigenvalue weighted by Gasteiger charge is 2.35. The second-order valence-corrected chi connectivity index (χ2v) is 6.66. The van der Waals surface area contributed by atoms with Crippen molar-refractivity contribution in [2.75, 3.05) is 39.3 Å². The number of hydrogen-bond donors (Lipinski definition) is 1. The molecule has 0 aromatic rings. The third-order valence-corrected chi connectivity index (χ3v) is 4.44. The van der Waals surface area contributed by atoms with Gasteiger partial charge in [-0.15, -0.1) is 0 Å². The van der Waals surface area contributed by atoms with Crippen molar-refractivity contribution in [3.8, 4) is 0 Å². The Bertz CT molecular complexity index is 389. The van der Waals surface area contributed by atoms with Crippen molar-refractivity contribution >= 4 is 12.0 Å². The lowest BCUT2D eigenvalue weighted by molar-refractivity contribution is -0.143. The molecule has 0 radical (unpaired) electrons. The number of urea groups is 1. The summed E-state index contributed by atoms with van der Waals surface area (Å²) < 4.78 is 0. The van der Waals surface area contributed by atoms with Crippen LogP contribution in [0.1, 0.15) is 27.2 Å². The number of aliphatic carboxylic acids is 1. The molecule has 2 aliphatic rings. The number of carbonyl (C=O) groups excluding carboxylic acids is 1. The zero-order valence-electron chi connectivity index (χ0n) is 12.6. The van der Waals surface area contributed by atoms with Crippen molar-refractivity contribution < 1.29 is 14.7 Å². The zero-order chi connectivity index (χ0) is 14.9. The molecule has 2 amide bonds. The Hall–Kier alpha value is -1.30. The molecule has 6 nitrogen and oxygen atoms in total. The highest BCUT2D eigenvalue weighted by Crippen LogP contribution is 2.29. The fraction of sp³-hybridized carbons (Fsp3) is 0.857. The fourth-order valence-corrected chi connectivity index (χ4v) is 2.93. The Balaban J connectivity index is 1.85. The van der Waals surface area contributed by atoms with Crippen LogP contribution in [0, 0.1) is 5.41 Å². The molecule has 2 aliphatic heterocycles. The van der Waals surface area contributed by atoms with E-state index in [2.05, 4.69) is 13.8 Å². The van der Waals surface area contributed by atoms with E-state index < -0.39 is 12.0 Å². The predicted octanol–water partition coefficient (Wildman–Crippen LogP) is 0.929. The van der Waals surface area contributed by atoms with E-state index >= 15 is 0 Å². The number of nitrogens with zero attached hydrogens (tertiary/aromatic N) is 3. The molecule has 1 N–H and O–H groups in total. The summed E-state index contributed by atoms with van der Waals surface area (Å²) in [5, 5.41) is 9.01. The SMILES string of the molecule is CC(C(=O)O)N1CCN(C(=O)N2CCC(C)(C)C2)CC1. The second kappa shape index (κ2) is 5.60. The maximum absolute atomic E-state index is 12.4. The van der Waals surface area contributed by atoms with Crippen LogP contribution in [0.15, 0.2) is 0 Å². The topological polar surface area (TPSA) is 64.1 Å². The van der Waals surface area contributed by atoms with Crippen molar-refractivity contribution in [3.63, 3.8) is 0 Å². The molecule has 0 aromatic heterocycles. The third-order valence-electron chi connectivity index (χ3n) is 4.44. The van der Waals surface area contributed by atoms with Gasteiger partial charge < -0.3 is 14.9 Å². The van der Waals surface area contributed by atoms with Crippen LogP contribution in [0.2, 0.25) is 0 Å². The van der Waals surface area contributed by atoms with E-state index in [1.165, 1.54) is 0 Å². The first kappa shape index (κ1) is 15.1. The summed E-state index contributed by atoms with van der Waals surface area (Å²) in [5.41, 5.74) is 0.218. The molecule has 20 heavy (non-hydrogen) atoms. The highest BCUT2D eigenvalue weighted by atomic mass is 16.4. The molecule has 0 saturated carbocycles. The van der Waals surface area contributed by atoms with E-state index in [1.54, 1.807) is 6.92 Å². The van der Waals surface area contributed by atoms with Gasteiger partial charge in [-0.2, -0.15) is 0 Å². The number of piperazine rings is 1. The Morgan fingerprint density at radius 1 is 1.05 bits per heavy atom. The molecule has 0 aliphatic carbocycles. The first-order valence-corrected chi connectivity index (χ1v) is 7.31. The first-order valence-electron chi connectivity index (χ1n) is 7.31. The average molecular weight is 283 g/mol. The van der Waals surface area contributed by atoms with E-state index in [9.17, 15) is 9.59 Å². The third kappa shape index (κ3) is 3.23. The van der Waals surface area contributed by atoms with Gasteiger partial charge in [0.05, 0.1) is 0 Å². The van der Waals surface area contributed by atoms with E-state index in [0.717, 1.165) is 19.5 Å². The number of hydrogen-bond acceptors (Lipinski definition) is 3. The Morgan fingerprint density at radius 2 is 1.65 bits per heavy atom. The van der Waals surface area contributed by atoms with E-state index in [1.807, 2.05) is 14.7 Å². The van der Waals surface area contributed by atoms with Crippen LogP contribution >= 0.6 is 0 Å². The zero-order valence-corrected chi connectivity index (χ0v) is 12.6. The quantitative estimate of drug-likeness (QED) is 0.819. The highest BCUT2D eigenvalue weighted by molar-refractivity contribution is 5.75. The van der Waals surface area contributed by atoms with Crippen LogP contribution < -0.4 is 0 Å². The van der Waals surface area contributed by atoms with Gasteiger partial charge in [0, 0.05) is 39.3 Å². The maximum Gasteiger partial charge on any atom is 0.320 e. The molecule has 2 heterocycles. The van der Waals surface area contributed by atoms with Gasteiger partial charge in [0.1, 0.15) is 6.04 Å². The van der Waals surface area contributed by atoms with Crippen LogP contribution in [0.5, 0.6) is 0 Å². The summed E-state index contributed by atoms with van der Waals surface area (Å²) in [6.07, 6.45) is 1.05. The lowest BCUT2D eigenvalue weighted by atomic mass is 9.93. The summed E-state index contributed by atoms with van der Waals surface area (Å²) in [6, 6.07) is -0.365. The minimum atomic E-state index is -0.800. The standard InChI is InChI=1S/C14H25N3O3/c1-11(12(18)19)15-6-8-16(9-7-15)13(20)17-5-4-14(2,3)10-17/h11H,4-10H2,1-3H3,(H,18,19). The van der Waals surface area contributed by atoms with Crippen molar-refractivity contribution in [1.82, 2.24) is 14.7 Å². The van der Waals surface area contributed by atoms with Crippen LogP contribution in [0.25, 0.3) is 0 Å². The first-order chi connectivity index (χ1) is 9.30. The molecule has 114 valence electrons. The fourth-order valence-electron chi connectivity index (χ4n) is 2.93. The molecule has 0 aromatic carbocycles. The van der Waals surface area contributed by atoms with E-state index in [-0.39, 0.29) is 11.4 Å². The van der Waals surface area contributed by atoms with Crippen LogP contribution in [0.3, 0.4) is 0 Å². The summed E-state index contributed by atoms with van der Waals surface area (Å²) in [5.74, 6) is -0.800. The van der Waals surface area contributed by atoms with Gasteiger partial charge in [-0.3, -0.25) is 9.69 Å². The van der Waals surface area contributed by atoms with Gasteiger partial charge >= 0.3 is 12.0 Å². The number of carbonyl (C=O) groups is 2. The summed E-state index contributed by atoms with van der Waals surface area (Å²) in [4.78, 5) is 29.1. The van der Waals surface area contributed by atoms with Gasteiger partial charge in [0.25, 0.3) is 0 Å². The minimum absolute atomic E-state index is 0.109. The lowest BCUT2D eigenvalue weighted by Gasteiger charge is -2.38. The molecule has 1 atom stereocenters. The Labute approximate surface area is 120 Å². The number of carboxylic acid groups (broad SMARTS) is 1. The molecular weight excluding hydrogens is 258 g/mol. The molecular formula is C14H25N3O3. The molecule has 2 rings (SSSR count). The number of amides is 2. The van der Waals surface area contributed by atoms with Crippen LogP contribution in [-0.2, 0) is 4.79 Å². The molecule has 2 saturated heterocycles. The van der Waals surface area contributed by atoms with Crippen molar-refractivity contribution in [3.05, 3.63) is 0 Å². The smallest absolute Gasteiger partial charge is 0.320 e. The average Bonchev–Trinajstić information content (AvgIpc) is 2.77. The largest absolute Gasteiger partial charge is 0.480 e. The number of likely N-dealkylation sites (tertiary alicyclic amines) is 1. The van der Waals surface area contributed by atoms with E-state index in [4.69, 9.17) is 5.11 Å². The molecule has 6 heteroatoms. The Morgan fingerprint density at radius 3 is 2.10 bits per heavy atom. The van der Waals surface area contributed by atoms with Crippen molar-refractivity contribution in [2.24, 2.45) is 5.41 Å². The Kier molecular flexibility index (Phi) is 4.22. The minimum Gasteiger partial charge on any atom is -0.480 e. The maximum atomic E-state index is 12.4. The summed E-state index contributed by atoms with van der Waals surface area (Å²) >= 11 is 0. The van der Waals surface area contributed by atoms with Gasteiger partial charge in [0.2, 0.25) is 0 Å². The predicted molar refractivity (Wildman–Crippen MR) is 75.6 cm³/mol. The molecule has 2 fully saturated rings. The van der Waals surface area contributed by atoms with E-state index in [0.29, 0.717) is 26.2 Å². The molecule has 0 bridgehead atoms.